The van der Waals surface area contributed by atoms with Crippen LogP contribution in [0.15, 0.2) is 0 Å². The molecule has 2 heterocycles. The summed E-state index contributed by atoms with van der Waals surface area (Å²) in [5.41, 5.74) is -0.904. The Labute approximate surface area is 106 Å². The van der Waals surface area contributed by atoms with E-state index in [1.165, 1.54) is 14.2 Å². The molecule has 0 aromatic carbocycles. The second kappa shape index (κ2) is 4.51. The van der Waals surface area contributed by atoms with Crippen molar-refractivity contribution in [1.29, 1.82) is 0 Å². The predicted octanol–water partition coefficient (Wildman–Crippen LogP) is 0.303. The second-order valence-electron chi connectivity index (χ2n) is 4.73. The fourth-order valence-electron chi connectivity index (χ4n) is 2.89. The number of ether oxygens (including phenoxy) is 3. The molecular formula is C12H19NO5. The average Bonchev–Trinajstić information content (AvgIpc) is 2.86. The maximum Gasteiger partial charge on any atom is 0.332 e. The predicted molar refractivity (Wildman–Crippen MR) is 61.7 cm³/mol. The van der Waals surface area contributed by atoms with E-state index in [1.54, 1.807) is 11.8 Å². The van der Waals surface area contributed by atoms with Crippen molar-refractivity contribution in [3.05, 3.63) is 0 Å². The summed E-state index contributed by atoms with van der Waals surface area (Å²) >= 11 is 0. The summed E-state index contributed by atoms with van der Waals surface area (Å²) in [5, 5.41) is 0. The molecule has 0 spiro atoms. The number of rotatable bonds is 4. The van der Waals surface area contributed by atoms with E-state index in [0.29, 0.717) is 25.9 Å². The summed E-state index contributed by atoms with van der Waals surface area (Å²) < 4.78 is 15.8. The average molecular weight is 257 g/mol. The van der Waals surface area contributed by atoms with Crippen molar-refractivity contribution >= 4 is 11.9 Å². The van der Waals surface area contributed by atoms with Crippen LogP contribution in [-0.4, -0.2) is 55.5 Å². The summed E-state index contributed by atoms with van der Waals surface area (Å²) in [7, 11) is 3.05. The first-order chi connectivity index (χ1) is 8.53. The lowest BCUT2D eigenvalue weighted by molar-refractivity contribution is -0.199. The van der Waals surface area contributed by atoms with Gasteiger partial charge in [0.2, 0.25) is 5.91 Å². The number of hydrogen-bond acceptors (Lipinski definition) is 5. The molecule has 0 aliphatic carbocycles. The summed E-state index contributed by atoms with van der Waals surface area (Å²) in [5.74, 6) is -1.30. The molecule has 2 rings (SSSR count). The fourth-order valence-corrected chi connectivity index (χ4v) is 2.89. The number of nitrogens with zero attached hydrogens (tertiary/aromatic N) is 1. The SMILES string of the molecule is CCOC(=O)C12CCC(=O)N1CC(OC)(OC)C2. The van der Waals surface area contributed by atoms with Crippen LogP contribution in [0.4, 0.5) is 0 Å². The third-order valence-corrected chi connectivity index (χ3v) is 3.93. The second-order valence-corrected chi connectivity index (χ2v) is 4.73. The molecule has 2 fully saturated rings. The van der Waals surface area contributed by atoms with Crippen molar-refractivity contribution < 1.29 is 23.8 Å². The van der Waals surface area contributed by atoms with Gasteiger partial charge in [-0.05, 0) is 13.3 Å². The molecule has 1 unspecified atom stereocenters. The Bertz CT molecular complexity index is 365. The lowest BCUT2D eigenvalue weighted by atomic mass is 9.92. The Morgan fingerprint density at radius 3 is 2.61 bits per heavy atom. The van der Waals surface area contributed by atoms with Crippen LogP contribution in [0, 0.1) is 0 Å². The third-order valence-electron chi connectivity index (χ3n) is 3.93. The Kier molecular flexibility index (Phi) is 3.33. The zero-order valence-corrected chi connectivity index (χ0v) is 11.0. The smallest absolute Gasteiger partial charge is 0.332 e. The zero-order valence-electron chi connectivity index (χ0n) is 11.0. The normalized spacial score (nSPS) is 29.5. The Hall–Kier alpha value is -1.14. The van der Waals surface area contributed by atoms with Gasteiger partial charge in [-0.25, -0.2) is 4.79 Å². The Morgan fingerprint density at radius 2 is 2.06 bits per heavy atom. The Morgan fingerprint density at radius 1 is 1.39 bits per heavy atom. The summed E-state index contributed by atoms with van der Waals surface area (Å²) in [4.78, 5) is 25.6. The van der Waals surface area contributed by atoms with Crippen molar-refractivity contribution in [2.24, 2.45) is 0 Å². The molecule has 2 saturated heterocycles. The maximum absolute atomic E-state index is 12.2. The minimum Gasteiger partial charge on any atom is -0.464 e. The third kappa shape index (κ3) is 1.71. The molecule has 6 nitrogen and oxygen atoms in total. The molecule has 0 bridgehead atoms. The van der Waals surface area contributed by atoms with Crippen LogP contribution < -0.4 is 0 Å². The first-order valence-electron chi connectivity index (χ1n) is 6.11. The summed E-state index contributed by atoms with van der Waals surface area (Å²) in [6.45, 7) is 2.33. The van der Waals surface area contributed by atoms with Crippen molar-refractivity contribution in [1.82, 2.24) is 4.90 Å². The van der Waals surface area contributed by atoms with Crippen LogP contribution in [0.1, 0.15) is 26.2 Å². The molecule has 0 aromatic heterocycles. The number of amides is 1. The molecule has 0 aromatic rings. The molecule has 2 aliphatic heterocycles. The van der Waals surface area contributed by atoms with Gasteiger partial charge in [-0.15, -0.1) is 0 Å². The van der Waals surface area contributed by atoms with Gasteiger partial charge in [0.15, 0.2) is 5.79 Å². The lowest BCUT2D eigenvalue weighted by Gasteiger charge is -2.28. The van der Waals surface area contributed by atoms with Gasteiger partial charge in [-0.1, -0.05) is 0 Å². The lowest BCUT2D eigenvalue weighted by Crippen LogP contribution is -2.48. The van der Waals surface area contributed by atoms with Crippen LogP contribution in [0.25, 0.3) is 0 Å². The van der Waals surface area contributed by atoms with Gasteiger partial charge in [-0.3, -0.25) is 4.79 Å². The molecule has 1 atom stereocenters. The quantitative estimate of drug-likeness (QED) is 0.535. The highest BCUT2D eigenvalue weighted by atomic mass is 16.7. The van der Waals surface area contributed by atoms with E-state index in [9.17, 15) is 9.59 Å². The van der Waals surface area contributed by atoms with Crippen LogP contribution in [0.3, 0.4) is 0 Å². The van der Waals surface area contributed by atoms with E-state index in [2.05, 4.69) is 0 Å². The van der Waals surface area contributed by atoms with Gasteiger partial charge in [-0.2, -0.15) is 0 Å². The van der Waals surface area contributed by atoms with Gasteiger partial charge in [0, 0.05) is 27.1 Å². The van der Waals surface area contributed by atoms with E-state index in [0.717, 1.165) is 0 Å². The van der Waals surface area contributed by atoms with Gasteiger partial charge < -0.3 is 19.1 Å². The zero-order chi connectivity index (χ0) is 13.4. The van der Waals surface area contributed by atoms with Crippen LogP contribution in [0.2, 0.25) is 0 Å². The number of carbonyl (C=O) groups excluding carboxylic acids is 2. The van der Waals surface area contributed by atoms with Gasteiger partial charge in [0.05, 0.1) is 13.2 Å². The van der Waals surface area contributed by atoms with Crippen LogP contribution in [0.5, 0.6) is 0 Å². The first kappa shape index (κ1) is 13.3. The highest BCUT2D eigenvalue weighted by Gasteiger charge is 2.63. The molecule has 1 amide bonds. The van der Waals surface area contributed by atoms with E-state index in [1.807, 2.05) is 0 Å². The maximum atomic E-state index is 12.2. The summed E-state index contributed by atoms with van der Waals surface area (Å²) in [6.07, 6.45) is 1.18. The molecule has 0 radical (unpaired) electrons. The molecule has 6 heteroatoms. The van der Waals surface area contributed by atoms with Gasteiger partial charge in [0.1, 0.15) is 5.54 Å². The Balaban J connectivity index is 2.32. The highest BCUT2D eigenvalue weighted by Crippen LogP contribution is 2.46. The van der Waals surface area contributed by atoms with Crippen molar-refractivity contribution in [3.63, 3.8) is 0 Å². The molecule has 18 heavy (non-hydrogen) atoms. The van der Waals surface area contributed by atoms with E-state index >= 15 is 0 Å². The van der Waals surface area contributed by atoms with E-state index < -0.39 is 11.3 Å². The van der Waals surface area contributed by atoms with Gasteiger partial charge in [0.25, 0.3) is 0 Å². The highest BCUT2D eigenvalue weighted by molar-refractivity contribution is 5.92. The van der Waals surface area contributed by atoms with Gasteiger partial charge >= 0.3 is 5.97 Å². The van der Waals surface area contributed by atoms with Crippen LogP contribution in [-0.2, 0) is 23.8 Å². The first-order valence-corrected chi connectivity index (χ1v) is 6.11. The van der Waals surface area contributed by atoms with E-state index in [4.69, 9.17) is 14.2 Å². The molecule has 0 N–H and O–H groups in total. The molecule has 102 valence electrons. The molecule has 2 aliphatic rings. The largest absolute Gasteiger partial charge is 0.464 e. The number of carbonyl (C=O) groups is 2. The fraction of sp³-hybridized carbons (Fsp3) is 0.833. The van der Waals surface area contributed by atoms with E-state index in [-0.39, 0.29) is 18.4 Å². The molecular weight excluding hydrogens is 238 g/mol. The number of hydrogen-bond donors (Lipinski definition) is 0. The topological polar surface area (TPSA) is 65.1 Å². The number of fused-ring (bicyclic) bond motifs is 1. The molecule has 0 saturated carbocycles. The monoisotopic (exact) mass is 257 g/mol. The van der Waals surface area contributed by atoms with Crippen molar-refractivity contribution in [3.8, 4) is 0 Å². The number of methoxy groups -OCH3 is 2. The van der Waals surface area contributed by atoms with Crippen LogP contribution >= 0.6 is 0 Å². The summed E-state index contributed by atoms with van der Waals surface area (Å²) in [6, 6.07) is 0. The standard InChI is InChI=1S/C12H19NO5/c1-4-18-10(15)11-6-5-9(14)13(11)8-12(7-11,16-2)17-3/h4-8H2,1-3H3. The van der Waals surface area contributed by atoms with Crippen molar-refractivity contribution in [2.45, 2.75) is 37.5 Å². The minimum atomic E-state index is -0.904. The van der Waals surface area contributed by atoms with Crippen molar-refractivity contribution in [2.75, 3.05) is 27.4 Å². The number of esters is 1. The minimum absolute atomic E-state index is 0.0426.